The molecular weight excluding hydrogens is 218 g/mol. The average Bonchev–Trinajstić information content (AvgIpc) is 2.14. The van der Waals surface area contributed by atoms with Crippen molar-refractivity contribution in [2.75, 3.05) is 13.1 Å². The zero-order chi connectivity index (χ0) is 11.8. The molecule has 3 N–H and O–H groups in total. The smallest absolute Gasteiger partial charge is 0.321 e. The minimum absolute atomic E-state index is 0.325. The van der Waals surface area contributed by atoms with Gasteiger partial charge in [0.15, 0.2) is 0 Å². The lowest BCUT2D eigenvalue weighted by atomic mass is 10.3. The van der Waals surface area contributed by atoms with Crippen molar-refractivity contribution in [3.63, 3.8) is 0 Å². The largest absolute Gasteiger partial charge is 0.338 e. The van der Waals surface area contributed by atoms with Gasteiger partial charge in [-0.15, -0.1) is 0 Å². The second-order valence-corrected chi connectivity index (χ2v) is 3.50. The number of carbonyl (C=O) groups is 2. The third-order valence-electron chi connectivity index (χ3n) is 1.57. The van der Waals surface area contributed by atoms with Crippen molar-refractivity contribution >= 4 is 23.5 Å². The molecular formula is C9H16ClN3O2. The van der Waals surface area contributed by atoms with E-state index >= 15 is 0 Å². The van der Waals surface area contributed by atoms with Gasteiger partial charge in [-0.2, -0.15) is 0 Å². The molecule has 3 amide bonds. The number of nitrogens with one attached hydrogen (secondary N) is 3. The Labute approximate surface area is 94.2 Å². The Bertz CT molecular complexity index is 256. The predicted molar refractivity (Wildman–Crippen MR) is 59.7 cm³/mol. The molecule has 0 saturated heterocycles. The molecule has 0 bridgehead atoms. The number of imide groups is 1. The third kappa shape index (κ3) is 6.93. The molecule has 0 aromatic heterocycles. The monoisotopic (exact) mass is 233 g/mol. The van der Waals surface area contributed by atoms with Crippen LogP contribution in [0.5, 0.6) is 0 Å². The first-order chi connectivity index (χ1) is 6.97. The summed E-state index contributed by atoms with van der Waals surface area (Å²) in [5.41, 5.74) is 0. The van der Waals surface area contributed by atoms with Gasteiger partial charge in [0.2, 0.25) is 5.91 Å². The van der Waals surface area contributed by atoms with E-state index < -0.39 is 18.0 Å². The van der Waals surface area contributed by atoms with Crippen LogP contribution in [0.1, 0.15) is 13.8 Å². The number of carbonyl (C=O) groups excluding carboxylic acids is 2. The summed E-state index contributed by atoms with van der Waals surface area (Å²) in [5, 5.41) is 7.85. The van der Waals surface area contributed by atoms with Crippen molar-refractivity contribution in [3.05, 3.63) is 11.6 Å². The standard InChI is InChI=1S/C9H16ClN3O2/c1-4-11-9(15)13-8(14)7(3)12-5-6(2)10/h7,12H,2,4-5H2,1,3H3,(H2,11,13,14,15). The fourth-order valence-corrected chi connectivity index (χ4v) is 0.859. The van der Waals surface area contributed by atoms with Crippen molar-refractivity contribution in [2.45, 2.75) is 19.9 Å². The highest BCUT2D eigenvalue weighted by Crippen LogP contribution is 1.93. The van der Waals surface area contributed by atoms with Gasteiger partial charge in [-0.1, -0.05) is 18.2 Å². The quantitative estimate of drug-likeness (QED) is 0.650. The first kappa shape index (κ1) is 13.9. The molecule has 0 aromatic carbocycles. The highest BCUT2D eigenvalue weighted by Gasteiger charge is 2.14. The third-order valence-corrected chi connectivity index (χ3v) is 1.70. The predicted octanol–water partition coefficient (Wildman–Crippen LogP) is 0.563. The van der Waals surface area contributed by atoms with E-state index in [-0.39, 0.29) is 0 Å². The molecule has 1 unspecified atom stereocenters. The molecule has 0 aromatic rings. The lowest BCUT2D eigenvalue weighted by Crippen LogP contribution is -2.48. The van der Waals surface area contributed by atoms with E-state index in [4.69, 9.17) is 11.6 Å². The Morgan fingerprint density at radius 1 is 1.47 bits per heavy atom. The molecule has 5 nitrogen and oxygen atoms in total. The van der Waals surface area contributed by atoms with Crippen molar-refractivity contribution in [3.8, 4) is 0 Å². The minimum Gasteiger partial charge on any atom is -0.338 e. The van der Waals surface area contributed by atoms with Gasteiger partial charge < -0.3 is 10.6 Å². The molecule has 0 aliphatic rings. The molecule has 86 valence electrons. The molecule has 0 fully saturated rings. The van der Waals surface area contributed by atoms with Gasteiger partial charge >= 0.3 is 6.03 Å². The van der Waals surface area contributed by atoms with E-state index in [1.807, 2.05) is 0 Å². The Kier molecular flexibility index (Phi) is 6.73. The van der Waals surface area contributed by atoms with Crippen LogP contribution in [0.3, 0.4) is 0 Å². The van der Waals surface area contributed by atoms with Crippen molar-refractivity contribution < 1.29 is 9.59 Å². The normalized spacial score (nSPS) is 11.7. The summed E-state index contributed by atoms with van der Waals surface area (Å²) in [6, 6.07) is -0.996. The molecule has 0 rings (SSSR count). The van der Waals surface area contributed by atoms with Crippen molar-refractivity contribution in [1.82, 2.24) is 16.0 Å². The second-order valence-electron chi connectivity index (χ2n) is 2.97. The van der Waals surface area contributed by atoms with Gasteiger partial charge in [0.25, 0.3) is 0 Å². The zero-order valence-electron chi connectivity index (χ0n) is 8.89. The number of rotatable bonds is 5. The molecule has 0 aliphatic heterocycles. The summed E-state index contributed by atoms with van der Waals surface area (Å²) in [5.74, 6) is -0.404. The Morgan fingerprint density at radius 2 is 2.07 bits per heavy atom. The van der Waals surface area contributed by atoms with Crippen LogP contribution in [0.2, 0.25) is 0 Å². The topological polar surface area (TPSA) is 70.2 Å². The molecule has 15 heavy (non-hydrogen) atoms. The summed E-state index contributed by atoms with van der Waals surface area (Å²) in [6.45, 7) is 7.67. The van der Waals surface area contributed by atoms with Crippen molar-refractivity contribution in [2.24, 2.45) is 0 Å². The number of hydrogen-bond donors (Lipinski definition) is 3. The van der Waals surface area contributed by atoms with E-state index in [0.717, 1.165) is 0 Å². The van der Waals surface area contributed by atoms with E-state index in [2.05, 4.69) is 22.5 Å². The van der Waals surface area contributed by atoms with Crippen LogP contribution in [0.25, 0.3) is 0 Å². The number of amides is 3. The fraction of sp³-hybridized carbons (Fsp3) is 0.556. The summed E-state index contributed by atoms with van der Waals surface area (Å²) < 4.78 is 0. The molecule has 0 heterocycles. The summed E-state index contributed by atoms with van der Waals surface area (Å²) in [6.07, 6.45) is 0. The highest BCUT2D eigenvalue weighted by atomic mass is 35.5. The molecule has 0 spiro atoms. The van der Waals surface area contributed by atoms with Gasteiger partial charge in [-0.05, 0) is 13.8 Å². The van der Waals surface area contributed by atoms with E-state index in [0.29, 0.717) is 18.1 Å². The number of halogens is 1. The Balaban J connectivity index is 3.88. The summed E-state index contributed by atoms with van der Waals surface area (Å²) in [7, 11) is 0. The molecule has 0 saturated carbocycles. The van der Waals surface area contributed by atoms with Crippen LogP contribution in [0.4, 0.5) is 4.79 Å². The highest BCUT2D eigenvalue weighted by molar-refractivity contribution is 6.29. The van der Waals surface area contributed by atoms with Gasteiger partial charge in [0, 0.05) is 18.1 Å². The SMILES string of the molecule is C=C(Cl)CNC(C)C(=O)NC(=O)NCC. The van der Waals surface area contributed by atoms with E-state index in [9.17, 15) is 9.59 Å². The van der Waals surface area contributed by atoms with Crippen LogP contribution in [-0.4, -0.2) is 31.1 Å². The van der Waals surface area contributed by atoms with Crippen LogP contribution >= 0.6 is 11.6 Å². The maximum Gasteiger partial charge on any atom is 0.321 e. The lowest BCUT2D eigenvalue weighted by Gasteiger charge is -2.12. The van der Waals surface area contributed by atoms with Gasteiger partial charge in [0.1, 0.15) is 0 Å². The molecule has 0 radical (unpaired) electrons. The Hall–Kier alpha value is -1.07. The average molecular weight is 234 g/mol. The lowest BCUT2D eigenvalue weighted by molar-refractivity contribution is -0.121. The summed E-state index contributed by atoms with van der Waals surface area (Å²) >= 11 is 5.51. The van der Waals surface area contributed by atoms with Crippen LogP contribution < -0.4 is 16.0 Å². The zero-order valence-corrected chi connectivity index (χ0v) is 9.65. The summed E-state index contributed by atoms with van der Waals surface area (Å²) in [4.78, 5) is 22.3. The van der Waals surface area contributed by atoms with Crippen LogP contribution in [-0.2, 0) is 4.79 Å². The Morgan fingerprint density at radius 3 is 2.53 bits per heavy atom. The van der Waals surface area contributed by atoms with Crippen LogP contribution in [0.15, 0.2) is 11.6 Å². The molecule has 1 atom stereocenters. The first-order valence-electron chi connectivity index (χ1n) is 4.62. The molecule has 6 heteroatoms. The van der Waals surface area contributed by atoms with Gasteiger partial charge in [-0.25, -0.2) is 4.79 Å². The van der Waals surface area contributed by atoms with E-state index in [1.54, 1.807) is 13.8 Å². The van der Waals surface area contributed by atoms with Crippen molar-refractivity contribution in [1.29, 1.82) is 0 Å². The minimum atomic E-state index is -0.499. The number of hydrogen-bond acceptors (Lipinski definition) is 3. The number of urea groups is 1. The first-order valence-corrected chi connectivity index (χ1v) is 5.00. The maximum atomic E-state index is 11.3. The fourth-order valence-electron chi connectivity index (χ4n) is 0.781. The van der Waals surface area contributed by atoms with Crippen LogP contribution in [0, 0.1) is 0 Å². The van der Waals surface area contributed by atoms with Gasteiger partial charge in [0.05, 0.1) is 6.04 Å². The molecule has 0 aliphatic carbocycles. The van der Waals surface area contributed by atoms with E-state index in [1.165, 1.54) is 0 Å². The van der Waals surface area contributed by atoms with Gasteiger partial charge in [-0.3, -0.25) is 10.1 Å². The maximum absolute atomic E-state index is 11.3. The second kappa shape index (κ2) is 7.25.